The molecule has 7 heteroatoms. The zero-order valence-electron chi connectivity index (χ0n) is 10.5. The first-order chi connectivity index (χ1) is 9.16. The molecular weight excluding hydrogens is 280 g/mol. The molecule has 19 heavy (non-hydrogen) atoms. The van der Waals surface area contributed by atoms with E-state index in [1.54, 1.807) is 30.3 Å². The van der Waals surface area contributed by atoms with Crippen LogP contribution in [0.2, 0.25) is 0 Å². The van der Waals surface area contributed by atoms with E-state index in [0.717, 1.165) is 15.6 Å². The number of thiazole rings is 1. The van der Waals surface area contributed by atoms with E-state index in [0.29, 0.717) is 5.75 Å². The van der Waals surface area contributed by atoms with Crippen LogP contribution < -0.4 is 0 Å². The number of carbonyl (C=O) groups is 1. The fourth-order valence-electron chi connectivity index (χ4n) is 1.70. The predicted molar refractivity (Wildman–Crippen MR) is 77.8 cm³/mol. The maximum Gasteiger partial charge on any atom is 0.232 e. The Morgan fingerprint density at radius 2 is 2.16 bits per heavy atom. The number of nitrogens with zero attached hydrogens (tertiary/aromatic N) is 4. The molecule has 0 aliphatic rings. The van der Waals surface area contributed by atoms with Crippen LogP contribution >= 0.6 is 23.1 Å². The first kappa shape index (κ1) is 12.4. The highest BCUT2D eigenvalue weighted by atomic mass is 32.2. The lowest BCUT2D eigenvalue weighted by Crippen LogP contribution is -2.23. The molecular formula is C12H12N4OS2. The van der Waals surface area contributed by atoms with Crippen molar-refractivity contribution in [3.8, 4) is 0 Å². The standard InChI is InChI=1S/C12H12N4OS2/c1-15(2)10(17)7-18-11-13-14-12-16(11)8-5-3-4-6-9(8)19-12/h3-6H,7H2,1-2H3. The molecule has 2 heterocycles. The van der Waals surface area contributed by atoms with Gasteiger partial charge in [-0.3, -0.25) is 9.20 Å². The van der Waals surface area contributed by atoms with Crippen molar-refractivity contribution in [3.05, 3.63) is 24.3 Å². The summed E-state index contributed by atoms with van der Waals surface area (Å²) in [4.78, 5) is 14.1. The molecule has 0 saturated heterocycles. The average Bonchev–Trinajstić information content (AvgIpc) is 2.94. The van der Waals surface area contributed by atoms with Crippen LogP contribution in [0.15, 0.2) is 29.4 Å². The molecule has 2 aromatic heterocycles. The number of benzene rings is 1. The number of para-hydroxylation sites is 1. The van der Waals surface area contributed by atoms with E-state index in [1.807, 2.05) is 22.6 Å². The molecule has 1 amide bonds. The third kappa shape index (κ3) is 2.19. The Hall–Kier alpha value is -1.60. The lowest BCUT2D eigenvalue weighted by atomic mass is 10.3. The lowest BCUT2D eigenvalue weighted by molar-refractivity contribution is -0.125. The zero-order chi connectivity index (χ0) is 13.4. The van der Waals surface area contributed by atoms with Crippen LogP contribution in [0.4, 0.5) is 0 Å². The van der Waals surface area contributed by atoms with E-state index >= 15 is 0 Å². The normalized spacial score (nSPS) is 11.3. The summed E-state index contributed by atoms with van der Waals surface area (Å²) >= 11 is 3.02. The summed E-state index contributed by atoms with van der Waals surface area (Å²) in [5.41, 5.74) is 1.09. The largest absolute Gasteiger partial charge is 0.348 e. The van der Waals surface area contributed by atoms with Crippen molar-refractivity contribution in [1.29, 1.82) is 0 Å². The van der Waals surface area contributed by atoms with Gasteiger partial charge in [-0.2, -0.15) is 0 Å². The maximum absolute atomic E-state index is 11.6. The minimum absolute atomic E-state index is 0.0706. The molecule has 3 rings (SSSR count). The van der Waals surface area contributed by atoms with E-state index in [4.69, 9.17) is 0 Å². The van der Waals surface area contributed by atoms with Crippen molar-refractivity contribution >= 4 is 44.2 Å². The summed E-state index contributed by atoms with van der Waals surface area (Å²) in [5, 5.41) is 9.08. The number of hydrogen-bond donors (Lipinski definition) is 0. The Bertz CT molecular complexity index is 746. The number of carbonyl (C=O) groups excluding carboxylic acids is 1. The predicted octanol–water partition coefficient (Wildman–Crippen LogP) is 2.12. The Kier molecular flexibility index (Phi) is 3.16. The molecule has 0 fully saturated rings. The average molecular weight is 292 g/mol. The minimum atomic E-state index is 0.0706. The van der Waals surface area contributed by atoms with Gasteiger partial charge in [0.15, 0.2) is 5.16 Å². The second-order valence-corrected chi connectivity index (χ2v) is 6.20. The first-order valence-electron chi connectivity index (χ1n) is 5.72. The van der Waals surface area contributed by atoms with E-state index < -0.39 is 0 Å². The van der Waals surface area contributed by atoms with Crippen LogP contribution in [0, 0.1) is 0 Å². The summed E-state index contributed by atoms with van der Waals surface area (Å²) < 4.78 is 3.18. The van der Waals surface area contributed by atoms with E-state index in [1.165, 1.54) is 16.5 Å². The van der Waals surface area contributed by atoms with E-state index in [-0.39, 0.29) is 5.91 Å². The Labute approximate surface area is 118 Å². The number of rotatable bonds is 3. The van der Waals surface area contributed by atoms with E-state index in [2.05, 4.69) is 16.3 Å². The lowest BCUT2D eigenvalue weighted by Gasteiger charge is -2.08. The monoisotopic (exact) mass is 292 g/mol. The topological polar surface area (TPSA) is 50.5 Å². The van der Waals surface area contributed by atoms with Gasteiger partial charge in [0.2, 0.25) is 10.9 Å². The molecule has 98 valence electrons. The van der Waals surface area contributed by atoms with Crippen molar-refractivity contribution in [1.82, 2.24) is 19.5 Å². The SMILES string of the molecule is CN(C)C(=O)CSc1nnc2sc3ccccc3n12. The highest BCUT2D eigenvalue weighted by Gasteiger charge is 2.14. The fraction of sp³-hybridized carbons (Fsp3) is 0.250. The zero-order valence-corrected chi connectivity index (χ0v) is 12.2. The molecule has 0 unspecified atom stereocenters. The number of hydrogen-bond acceptors (Lipinski definition) is 5. The van der Waals surface area contributed by atoms with Gasteiger partial charge >= 0.3 is 0 Å². The molecule has 0 aliphatic carbocycles. The number of amides is 1. The van der Waals surface area contributed by atoms with Gasteiger partial charge in [0, 0.05) is 14.1 Å². The minimum Gasteiger partial charge on any atom is -0.348 e. The molecule has 3 aromatic rings. The summed E-state index contributed by atoms with van der Waals surface area (Å²) in [6, 6.07) is 8.11. The number of fused-ring (bicyclic) bond motifs is 3. The second-order valence-electron chi connectivity index (χ2n) is 4.25. The summed E-state index contributed by atoms with van der Waals surface area (Å²) in [6.45, 7) is 0. The van der Waals surface area contributed by atoms with Crippen LogP contribution in [0.5, 0.6) is 0 Å². The first-order valence-corrected chi connectivity index (χ1v) is 7.52. The van der Waals surface area contributed by atoms with Gasteiger partial charge in [0.25, 0.3) is 0 Å². The molecule has 0 spiro atoms. The highest BCUT2D eigenvalue weighted by molar-refractivity contribution is 7.99. The fourth-order valence-corrected chi connectivity index (χ4v) is 3.65. The van der Waals surface area contributed by atoms with Crippen LogP contribution in [0.3, 0.4) is 0 Å². The van der Waals surface area contributed by atoms with Crippen molar-refractivity contribution in [2.75, 3.05) is 19.8 Å². The Balaban J connectivity index is 1.97. The Morgan fingerprint density at radius 3 is 2.95 bits per heavy atom. The van der Waals surface area contributed by atoms with Crippen molar-refractivity contribution in [2.24, 2.45) is 0 Å². The van der Waals surface area contributed by atoms with Gasteiger partial charge in [-0.15, -0.1) is 10.2 Å². The van der Waals surface area contributed by atoms with E-state index in [9.17, 15) is 4.79 Å². The summed E-state index contributed by atoms with van der Waals surface area (Å²) in [5.74, 6) is 0.444. The molecule has 0 aliphatic heterocycles. The van der Waals surface area contributed by atoms with Gasteiger partial charge < -0.3 is 4.90 Å². The summed E-state index contributed by atoms with van der Waals surface area (Å²) in [6.07, 6.45) is 0. The Morgan fingerprint density at radius 1 is 1.37 bits per heavy atom. The molecule has 0 bridgehead atoms. The van der Waals surface area contributed by atoms with Crippen molar-refractivity contribution < 1.29 is 4.79 Å². The highest BCUT2D eigenvalue weighted by Crippen LogP contribution is 2.29. The maximum atomic E-state index is 11.6. The molecule has 0 N–H and O–H groups in total. The number of thioether (sulfide) groups is 1. The number of aromatic nitrogens is 3. The quantitative estimate of drug-likeness (QED) is 0.694. The molecule has 1 aromatic carbocycles. The van der Waals surface area contributed by atoms with Gasteiger partial charge in [0.05, 0.1) is 16.0 Å². The van der Waals surface area contributed by atoms with Gasteiger partial charge in [0.1, 0.15) is 0 Å². The van der Waals surface area contributed by atoms with Crippen LogP contribution in [0.25, 0.3) is 15.2 Å². The third-order valence-corrected chi connectivity index (χ3v) is 4.66. The second kappa shape index (κ2) is 4.82. The molecule has 5 nitrogen and oxygen atoms in total. The molecule has 0 radical (unpaired) electrons. The van der Waals surface area contributed by atoms with Crippen LogP contribution in [-0.4, -0.2) is 45.3 Å². The third-order valence-electron chi connectivity index (χ3n) is 2.73. The summed E-state index contributed by atoms with van der Waals surface area (Å²) in [7, 11) is 3.50. The van der Waals surface area contributed by atoms with Crippen molar-refractivity contribution in [3.63, 3.8) is 0 Å². The van der Waals surface area contributed by atoms with Crippen LogP contribution in [-0.2, 0) is 4.79 Å². The van der Waals surface area contributed by atoms with Crippen LogP contribution in [0.1, 0.15) is 0 Å². The van der Waals surface area contributed by atoms with Gasteiger partial charge in [-0.25, -0.2) is 0 Å². The smallest absolute Gasteiger partial charge is 0.232 e. The van der Waals surface area contributed by atoms with Gasteiger partial charge in [-0.05, 0) is 12.1 Å². The molecule has 0 atom stereocenters. The van der Waals surface area contributed by atoms with Gasteiger partial charge in [-0.1, -0.05) is 35.2 Å². The van der Waals surface area contributed by atoms with Crippen molar-refractivity contribution in [2.45, 2.75) is 5.16 Å². The molecule has 0 saturated carbocycles.